The summed E-state index contributed by atoms with van der Waals surface area (Å²) in [5, 5.41) is 0.154. The average Bonchev–Trinajstić information content (AvgIpc) is 2.75. The SMILES string of the molecule is [C-]#[N+]c1ccc(CC(=O)c2ccnc(S(=O)(=O)N(C)c3ccc(Cl)cc3)c2)c(F)c1. The van der Waals surface area contributed by atoms with Crippen LogP contribution in [-0.4, -0.2) is 26.2 Å². The molecule has 6 nitrogen and oxygen atoms in total. The first-order valence-electron chi connectivity index (χ1n) is 8.62. The third-order valence-corrected chi connectivity index (χ3v) is 6.32. The lowest BCUT2D eigenvalue weighted by atomic mass is 10.0. The first kappa shape index (κ1) is 21.4. The average molecular weight is 444 g/mol. The molecule has 0 unspecified atom stereocenters. The Kier molecular flexibility index (Phi) is 6.15. The number of benzene rings is 2. The second kappa shape index (κ2) is 8.61. The molecule has 1 aromatic heterocycles. The third-order valence-electron chi connectivity index (χ3n) is 4.39. The Bertz CT molecular complexity index is 1260. The molecule has 3 rings (SSSR count). The van der Waals surface area contributed by atoms with E-state index in [1.165, 1.54) is 31.4 Å². The monoisotopic (exact) mass is 443 g/mol. The van der Waals surface area contributed by atoms with Gasteiger partial charge in [0.15, 0.2) is 16.5 Å². The first-order chi connectivity index (χ1) is 14.2. The number of hydrogen-bond donors (Lipinski definition) is 0. The summed E-state index contributed by atoms with van der Waals surface area (Å²) in [6, 6.07) is 12.6. The number of aromatic nitrogens is 1. The molecule has 0 saturated carbocycles. The molecule has 0 radical (unpaired) electrons. The Morgan fingerprint density at radius 3 is 2.50 bits per heavy atom. The largest absolute Gasteiger partial charge is 0.294 e. The van der Waals surface area contributed by atoms with E-state index in [9.17, 15) is 17.6 Å². The molecule has 30 heavy (non-hydrogen) atoms. The first-order valence-corrected chi connectivity index (χ1v) is 10.4. The number of hydrogen-bond acceptors (Lipinski definition) is 4. The van der Waals surface area contributed by atoms with Crippen molar-refractivity contribution in [3.8, 4) is 0 Å². The van der Waals surface area contributed by atoms with E-state index in [1.807, 2.05) is 0 Å². The van der Waals surface area contributed by atoms with Gasteiger partial charge in [-0.1, -0.05) is 23.7 Å². The van der Waals surface area contributed by atoms with Gasteiger partial charge in [-0.3, -0.25) is 9.10 Å². The van der Waals surface area contributed by atoms with Crippen LogP contribution in [0.2, 0.25) is 5.02 Å². The fourth-order valence-corrected chi connectivity index (χ4v) is 3.95. The molecule has 0 aliphatic heterocycles. The molecule has 0 N–H and O–H groups in total. The lowest BCUT2D eigenvalue weighted by Gasteiger charge is -2.19. The maximum atomic E-state index is 14.1. The van der Waals surface area contributed by atoms with Gasteiger partial charge in [0.2, 0.25) is 0 Å². The van der Waals surface area contributed by atoms with Crippen LogP contribution in [0.4, 0.5) is 15.8 Å². The molecule has 0 fully saturated rings. The molecular weight excluding hydrogens is 429 g/mol. The van der Waals surface area contributed by atoms with Crippen LogP contribution in [0, 0.1) is 12.4 Å². The zero-order valence-corrected chi connectivity index (χ0v) is 17.3. The number of pyridine rings is 1. The van der Waals surface area contributed by atoms with E-state index >= 15 is 0 Å². The number of rotatable bonds is 6. The fourth-order valence-electron chi connectivity index (χ4n) is 2.68. The summed E-state index contributed by atoms with van der Waals surface area (Å²) in [5.41, 5.74) is 0.708. The van der Waals surface area contributed by atoms with Gasteiger partial charge in [-0.2, -0.15) is 8.42 Å². The molecule has 0 spiro atoms. The molecule has 152 valence electrons. The summed E-state index contributed by atoms with van der Waals surface area (Å²) >= 11 is 5.84. The van der Waals surface area contributed by atoms with Crippen molar-refractivity contribution >= 4 is 38.8 Å². The standard InChI is InChI=1S/C21H15ClFN3O3S/c1-24-17-6-3-14(19(23)13-17)11-20(27)15-9-10-25-21(12-15)30(28,29)26(2)18-7-4-16(22)5-8-18/h3-10,12-13H,11H2,2H3. The van der Waals surface area contributed by atoms with E-state index in [1.54, 1.807) is 24.3 Å². The minimum atomic E-state index is -4.03. The minimum absolute atomic E-state index is 0.0849. The van der Waals surface area contributed by atoms with Gasteiger partial charge in [0.1, 0.15) is 5.82 Å². The van der Waals surface area contributed by atoms with Crippen molar-refractivity contribution in [1.82, 2.24) is 4.98 Å². The number of Topliss-reactive ketones (excluding diaryl/α,β-unsaturated/α-hetero) is 1. The quantitative estimate of drug-likeness (QED) is 0.410. The Morgan fingerprint density at radius 1 is 1.17 bits per heavy atom. The molecular formula is C21H15ClFN3O3S. The maximum absolute atomic E-state index is 14.1. The van der Waals surface area contributed by atoms with Crippen LogP contribution in [0.1, 0.15) is 15.9 Å². The van der Waals surface area contributed by atoms with Crippen LogP contribution in [0.25, 0.3) is 4.85 Å². The molecule has 0 amide bonds. The lowest BCUT2D eigenvalue weighted by molar-refractivity contribution is 0.0991. The van der Waals surface area contributed by atoms with E-state index < -0.39 is 21.6 Å². The normalized spacial score (nSPS) is 11.0. The summed E-state index contributed by atoms with van der Waals surface area (Å²) in [4.78, 5) is 19.6. The van der Waals surface area contributed by atoms with Gasteiger partial charge in [0.05, 0.1) is 12.3 Å². The van der Waals surface area contributed by atoms with Gasteiger partial charge < -0.3 is 0 Å². The summed E-state index contributed by atoms with van der Waals surface area (Å²) < 4.78 is 40.9. The van der Waals surface area contributed by atoms with Crippen LogP contribution in [-0.2, 0) is 16.4 Å². The number of carbonyl (C=O) groups is 1. The van der Waals surface area contributed by atoms with Gasteiger partial charge >= 0.3 is 0 Å². The molecule has 0 aliphatic carbocycles. The molecule has 1 heterocycles. The van der Waals surface area contributed by atoms with Crippen molar-refractivity contribution < 1.29 is 17.6 Å². The Balaban J connectivity index is 1.87. The highest BCUT2D eigenvalue weighted by molar-refractivity contribution is 7.92. The molecule has 0 aliphatic rings. The van der Waals surface area contributed by atoms with Crippen molar-refractivity contribution in [2.24, 2.45) is 0 Å². The van der Waals surface area contributed by atoms with Crippen LogP contribution >= 0.6 is 11.6 Å². The second-order valence-corrected chi connectivity index (χ2v) is 8.67. The van der Waals surface area contributed by atoms with Crippen molar-refractivity contribution in [2.45, 2.75) is 11.4 Å². The number of nitrogens with zero attached hydrogens (tertiary/aromatic N) is 3. The highest BCUT2D eigenvalue weighted by Gasteiger charge is 2.24. The zero-order valence-electron chi connectivity index (χ0n) is 15.7. The number of ketones is 1. The second-order valence-electron chi connectivity index (χ2n) is 6.32. The van der Waals surface area contributed by atoms with Crippen LogP contribution in [0.3, 0.4) is 0 Å². The summed E-state index contributed by atoms with van der Waals surface area (Å²) in [7, 11) is -2.67. The van der Waals surface area contributed by atoms with E-state index in [4.69, 9.17) is 18.2 Å². The Labute approximate surface area is 178 Å². The van der Waals surface area contributed by atoms with Gasteiger partial charge in [0, 0.05) is 30.3 Å². The van der Waals surface area contributed by atoms with E-state index in [0.29, 0.717) is 10.7 Å². The number of halogens is 2. The Hall–Kier alpha value is -3.28. The van der Waals surface area contributed by atoms with Gasteiger partial charge in [0.25, 0.3) is 10.0 Å². The number of carbonyl (C=O) groups excluding carboxylic acids is 1. The highest BCUT2D eigenvalue weighted by atomic mass is 35.5. The molecule has 2 aromatic carbocycles. The van der Waals surface area contributed by atoms with E-state index in [2.05, 4.69) is 9.83 Å². The smallest absolute Gasteiger partial charge is 0.281 e. The predicted molar refractivity (Wildman–Crippen MR) is 112 cm³/mol. The van der Waals surface area contributed by atoms with Crippen LogP contribution < -0.4 is 4.31 Å². The predicted octanol–water partition coefficient (Wildman–Crippen LogP) is 4.68. The number of sulfonamides is 1. The van der Waals surface area contributed by atoms with Crippen molar-refractivity contribution in [3.63, 3.8) is 0 Å². The van der Waals surface area contributed by atoms with Gasteiger partial charge in [-0.15, -0.1) is 0 Å². The molecule has 0 saturated heterocycles. The fraction of sp³-hybridized carbons (Fsp3) is 0.0952. The minimum Gasteiger partial charge on any atom is -0.294 e. The van der Waals surface area contributed by atoms with Gasteiger partial charge in [-0.05, 0) is 48.0 Å². The maximum Gasteiger partial charge on any atom is 0.281 e. The van der Waals surface area contributed by atoms with Crippen molar-refractivity contribution in [1.29, 1.82) is 0 Å². The van der Waals surface area contributed by atoms with Crippen LogP contribution in [0.15, 0.2) is 65.8 Å². The van der Waals surface area contributed by atoms with Crippen molar-refractivity contribution in [3.05, 3.63) is 94.2 Å². The molecule has 9 heteroatoms. The van der Waals surface area contributed by atoms with E-state index in [0.717, 1.165) is 16.4 Å². The molecule has 0 atom stereocenters. The van der Waals surface area contributed by atoms with Gasteiger partial charge in [-0.25, -0.2) is 14.2 Å². The summed E-state index contributed by atoms with van der Waals surface area (Å²) in [6.07, 6.45) is 0.939. The summed E-state index contributed by atoms with van der Waals surface area (Å²) in [5.74, 6) is -1.14. The third kappa shape index (κ3) is 4.48. The lowest BCUT2D eigenvalue weighted by Crippen LogP contribution is -2.27. The van der Waals surface area contributed by atoms with Crippen molar-refractivity contribution in [2.75, 3.05) is 11.4 Å². The molecule has 0 bridgehead atoms. The Morgan fingerprint density at radius 2 is 1.87 bits per heavy atom. The van der Waals surface area contributed by atoms with Crippen LogP contribution in [0.5, 0.6) is 0 Å². The topological polar surface area (TPSA) is 71.7 Å². The summed E-state index contributed by atoms with van der Waals surface area (Å²) in [6.45, 7) is 6.89. The number of anilines is 1. The molecule has 3 aromatic rings. The highest BCUT2D eigenvalue weighted by Crippen LogP contribution is 2.24. The van der Waals surface area contributed by atoms with E-state index in [-0.39, 0.29) is 28.3 Å². The zero-order chi connectivity index (χ0) is 21.9.